The van der Waals surface area contributed by atoms with Gasteiger partial charge in [-0.3, -0.25) is 9.59 Å². The Morgan fingerprint density at radius 1 is 1.16 bits per heavy atom. The van der Waals surface area contributed by atoms with Gasteiger partial charge in [-0.15, -0.1) is 0 Å². The highest BCUT2D eigenvalue weighted by molar-refractivity contribution is 5.99. The lowest BCUT2D eigenvalue weighted by Gasteiger charge is -2.39. The summed E-state index contributed by atoms with van der Waals surface area (Å²) in [6.07, 6.45) is 7.56. The molecule has 7 nitrogen and oxygen atoms in total. The number of esters is 1. The molecule has 1 aromatic carbocycles. The van der Waals surface area contributed by atoms with Crippen LogP contribution in [0.4, 0.5) is 0 Å². The van der Waals surface area contributed by atoms with E-state index < -0.39 is 12.0 Å². The normalized spacial score (nSPS) is 15.3. The van der Waals surface area contributed by atoms with Gasteiger partial charge in [0.1, 0.15) is 12.3 Å². The van der Waals surface area contributed by atoms with Crippen molar-refractivity contribution in [1.29, 1.82) is 0 Å². The van der Waals surface area contributed by atoms with Crippen molar-refractivity contribution in [2.24, 2.45) is 0 Å². The van der Waals surface area contributed by atoms with E-state index in [-0.39, 0.29) is 29.3 Å². The number of methoxy groups -OCH3 is 1. The van der Waals surface area contributed by atoms with Crippen molar-refractivity contribution in [3.63, 3.8) is 0 Å². The Morgan fingerprint density at radius 3 is 2.52 bits per heavy atom. The number of Topliss-reactive ketones (excluding diaryl/α,β-unsaturated/α-hetero) is 1. The Kier molecular flexibility index (Phi) is 7.98. The number of carbonyl (C=O) groups is 3. The number of amides is 1. The molecule has 2 aromatic rings. The van der Waals surface area contributed by atoms with E-state index in [2.05, 4.69) is 9.72 Å². The zero-order valence-corrected chi connectivity index (χ0v) is 18.2. The second-order valence-corrected chi connectivity index (χ2v) is 7.88. The molecule has 166 valence electrons. The molecular formula is C24H30N2O5. The third-order valence-corrected chi connectivity index (χ3v) is 5.86. The number of hydrogen-bond donors (Lipinski definition) is 0. The number of benzene rings is 1. The number of aryl methyl sites for hydroxylation is 1. The van der Waals surface area contributed by atoms with Crippen LogP contribution in [-0.4, -0.2) is 46.7 Å². The third-order valence-electron chi connectivity index (χ3n) is 5.86. The van der Waals surface area contributed by atoms with Crippen molar-refractivity contribution < 1.29 is 23.5 Å². The van der Waals surface area contributed by atoms with E-state index in [0.29, 0.717) is 19.3 Å². The fourth-order valence-electron chi connectivity index (χ4n) is 4.25. The van der Waals surface area contributed by atoms with Gasteiger partial charge in [-0.1, -0.05) is 56.5 Å². The quantitative estimate of drug-likeness (QED) is 0.441. The van der Waals surface area contributed by atoms with Crippen LogP contribution < -0.4 is 0 Å². The number of ether oxygens (including phenoxy) is 1. The highest BCUT2D eigenvalue weighted by Crippen LogP contribution is 2.28. The van der Waals surface area contributed by atoms with Crippen LogP contribution in [0.25, 0.3) is 0 Å². The maximum absolute atomic E-state index is 13.5. The largest absolute Gasteiger partial charge is 0.464 e. The summed E-state index contributed by atoms with van der Waals surface area (Å²) >= 11 is 0. The molecule has 1 amide bonds. The Morgan fingerprint density at radius 2 is 1.87 bits per heavy atom. The molecule has 1 heterocycles. The summed E-state index contributed by atoms with van der Waals surface area (Å²) in [5.41, 5.74) is 1.04. The van der Waals surface area contributed by atoms with Crippen LogP contribution in [0.3, 0.4) is 0 Å². The number of nitrogens with zero attached hydrogens (tertiary/aromatic N) is 2. The van der Waals surface area contributed by atoms with Crippen LogP contribution in [0.5, 0.6) is 0 Å². The summed E-state index contributed by atoms with van der Waals surface area (Å²) in [5, 5.41) is 0. The molecule has 1 unspecified atom stereocenters. The average Bonchev–Trinajstić information content (AvgIpc) is 3.32. The molecule has 1 atom stereocenters. The van der Waals surface area contributed by atoms with Crippen LogP contribution in [0.2, 0.25) is 0 Å². The molecule has 0 bridgehead atoms. The van der Waals surface area contributed by atoms with E-state index in [1.54, 1.807) is 4.90 Å². The van der Waals surface area contributed by atoms with Crippen molar-refractivity contribution >= 4 is 17.7 Å². The zero-order chi connectivity index (χ0) is 22.2. The smallest absolute Gasteiger partial charge is 0.360 e. The molecule has 7 heteroatoms. The van der Waals surface area contributed by atoms with Gasteiger partial charge >= 0.3 is 5.97 Å². The molecule has 0 N–H and O–H groups in total. The van der Waals surface area contributed by atoms with Gasteiger partial charge < -0.3 is 14.1 Å². The summed E-state index contributed by atoms with van der Waals surface area (Å²) in [6, 6.07) is 9.21. The molecule has 0 aliphatic heterocycles. The van der Waals surface area contributed by atoms with Gasteiger partial charge in [0.15, 0.2) is 5.69 Å². The molecule has 0 radical (unpaired) electrons. The Bertz CT molecular complexity index is 886. The van der Waals surface area contributed by atoms with Gasteiger partial charge in [0.05, 0.1) is 7.11 Å². The lowest BCUT2D eigenvalue weighted by Crippen LogP contribution is -2.51. The maximum Gasteiger partial charge on any atom is 0.360 e. The minimum absolute atomic E-state index is 0.0287. The molecule has 0 spiro atoms. The number of aromatic nitrogens is 1. The molecule has 1 aliphatic rings. The molecule has 0 saturated heterocycles. The minimum atomic E-state index is -0.695. The monoisotopic (exact) mass is 426 g/mol. The van der Waals surface area contributed by atoms with E-state index in [9.17, 15) is 14.4 Å². The summed E-state index contributed by atoms with van der Waals surface area (Å²) in [7, 11) is 1.24. The van der Waals surface area contributed by atoms with Crippen LogP contribution >= 0.6 is 0 Å². The highest BCUT2D eigenvalue weighted by Gasteiger charge is 2.37. The predicted octanol–water partition coefficient (Wildman–Crippen LogP) is 4.22. The fourth-order valence-corrected chi connectivity index (χ4v) is 4.25. The number of ketones is 1. The SMILES string of the molecule is CCC(=O)N(C1CCCCC1)C(CCc1ccccc1)C(=O)c1nc(C(=O)OC)co1. The predicted molar refractivity (Wildman–Crippen MR) is 115 cm³/mol. The van der Waals surface area contributed by atoms with Gasteiger partial charge in [0, 0.05) is 12.5 Å². The number of carbonyl (C=O) groups excluding carboxylic acids is 3. The van der Waals surface area contributed by atoms with E-state index in [0.717, 1.165) is 43.9 Å². The summed E-state index contributed by atoms with van der Waals surface area (Å²) in [4.78, 5) is 44.1. The van der Waals surface area contributed by atoms with Gasteiger partial charge in [-0.2, -0.15) is 4.98 Å². The Balaban J connectivity index is 1.91. The lowest BCUT2D eigenvalue weighted by atomic mass is 9.90. The minimum Gasteiger partial charge on any atom is -0.464 e. The van der Waals surface area contributed by atoms with Gasteiger partial charge in [0.2, 0.25) is 11.7 Å². The molecule has 1 saturated carbocycles. The molecular weight excluding hydrogens is 396 g/mol. The van der Waals surface area contributed by atoms with Crippen LogP contribution in [0.1, 0.15) is 78.6 Å². The van der Waals surface area contributed by atoms with Crippen LogP contribution in [0.15, 0.2) is 41.0 Å². The number of rotatable bonds is 9. The average molecular weight is 427 g/mol. The van der Waals surface area contributed by atoms with Crippen LogP contribution in [0, 0.1) is 0 Å². The Hall–Kier alpha value is -2.96. The first-order valence-corrected chi connectivity index (χ1v) is 11.0. The van der Waals surface area contributed by atoms with Crippen LogP contribution in [-0.2, 0) is 16.0 Å². The van der Waals surface area contributed by atoms with Crippen molar-refractivity contribution in [3.05, 3.63) is 53.7 Å². The molecule has 1 aliphatic carbocycles. The third kappa shape index (κ3) is 5.60. The van der Waals surface area contributed by atoms with Gasteiger partial charge in [-0.05, 0) is 31.2 Å². The summed E-state index contributed by atoms with van der Waals surface area (Å²) < 4.78 is 9.99. The summed E-state index contributed by atoms with van der Waals surface area (Å²) in [6.45, 7) is 1.82. The van der Waals surface area contributed by atoms with Crippen molar-refractivity contribution in [2.75, 3.05) is 7.11 Å². The van der Waals surface area contributed by atoms with Crippen molar-refractivity contribution in [1.82, 2.24) is 9.88 Å². The fraction of sp³-hybridized carbons (Fsp3) is 0.500. The first kappa shape index (κ1) is 22.7. The van der Waals surface area contributed by atoms with E-state index in [1.807, 2.05) is 37.3 Å². The van der Waals surface area contributed by atoms with Crippen molar-refractivity contribution in [2.45, 2.75) is 70.4 Å². The first-order valence-electron chi connectivity index (χ1n) is 11.0. The topological polar surface area (TPSA) is 89.7 Å². The highest BCUT2D eigenvalue weighted by atomic mass is 16.5. The first-order chi connectivity index (χ1) is 15.0. The van der Waals surface area contributed by atoms with E-state index in [4.69, 9.17) is 4.42 Å². The maximum atomic E-state index is 13.5. The summed E-state index contributed by atoms with van der Waals surface area (Å²) in [5.74, 6) is -1.25. The molecule has 3 rings (SSSR count). The number of oxazole rings is 1. The second kappa shape index (κ2) is 10.9. The van der Waals surface area contributed by atoms with E-state index in [1.165, 1.54) is 7.11 Å². The van der Waals surface area contributed by atoms with Gasteiger partial charge in [-0.25, -0.2) is 4.79 Å². The second-order valence-electron chi connectivity index (χ2n) is 7.88. The zero-order valence-electron chi connectivity index (χ0n) is 18.2. The molecule has 1 fully saturated rings. The lowest BCUT2D eigenvalue weighted by molar-refractivity contribution is -0.136. The number of hydrogen-bond acceptors (Lipinski definition) is 6. The molecule has 1 aromatic heterocycles. The van der Waals surface area contributed by atoms with Gasteiger partial charge in [0.25, 0.3) is 5.89 Å². The van der Waals surface area contributed by atoms with Crippen molar-refractivity contribution in [3.8, 4) is 0 Å². The molecule has 31 heavy (non-hydrogen) atoms. The Labute approximate surface area is 182 Å². The van der Waals surface area contributed by atoms with E-state index >= 15 is 0 Å². The standard InChI is InChI=1S/C24H30N2O5/c1-3-21(27)26(18-12-8-5-9-13-18)20(15-14-17-10-6-4-7-11-17)22(28)23-25-19(16-31-23)24(29)30-2/h4,6-7,10-11,16,18,20H,3,5,8-9,12-15H2,1-2H3.